The van der Waals surface area contributed by atoms with Crippen LogP contribution in [0.25, 0.3) is 0 Å². The van der Waals surface area contributed by atoms with Crippen molar-refractivity contribution in [2.24, 2.45) is 14.1 Å². The van der Waals surface area contributed by atoms with E-state index in [1.165, 1.54) is 108 Å². The van der Waals surface area contributed by atoms with E-state index < -0.39 is 41.0 Å². The van der Waals surface area contributed by atoms with Gasteiger partial charge in [-0.05, 0) is 102 Å². The van der Waals surface area contributed by atoms with Crippen LogP contribution in [-0.4, -0.2) is 57.7 Å². The van der Waals surface area contributed by atoms with Gasteiger partial charge in [-0.1, -0.05) is 55.3 Å². The molecule has 2 N–H and O–H groups in total. The second kappa shape index (κ2) is 16.8. The maximum atomic E-state index is 13.0. The van der Waals surface area contributed by atoms with Gasteiger partial charge in [0, 0.05) is 48.1 Å². The van der Waals surface area contributed by atoms with E-state index in [1.54, 1.807) is 23.5 Å². The third-order valence-corrected chi connectivity index (χ3v) is 16.1. The number of halogens is 2. The van der Waals surface area contributed by atoms with Crippen LogP contribution in [0.4, 0.5) is 11.6 Å². The van der Waals surface area contributed by atoms with Crippen molar-refractivity contribution in [1.82, 2.24) is 19.6 Å². The molecule has 0 saturated heterocycles. The first kappa shape index (κ1) is 42.4. The number of sulfone groups is 2. The Morgan fingerprint density at radius 2 is 0.909 bits per heavy atom. The predicted molar refractivity (Wildman–Crippen MR) is 216 cm³/mol. The number of aromatic nitrogens is 4. The Hall–Kier alpha value is -3.72. The number of amides is 2. The molecule has 0 unspecified atom stereocenters. The molecule has 2 aliphatic carbocycles. The summed E-state index contributed by atoms with van der Waals surface area (Å²) in [7, 11) is -4.30. The van der Waals surface area contributed by atoms with E-state index in [-0.39, 0.29) is 9.79 Å². The van der Waals surface area contributed by atoms with Gasteiger partial charge in [-0.2, -0.15) is 10.2 Å². The Bertz CT molecular complexity index is 2220. The summed E-state index contributed by atoms with van der Waals surface area (Å²) in [5.74, 6) is 0.620. The number of nitrogens with one attached hydrogen (secondary N) is 2. The van der Waals surface area contributed by atoms with E-state index in [0.29, 0.717) is 33.5 Å². The highest BCUT2D eigenvalue weighted by atomic mass is 35.5. The summed E-state index contributed by atoms with van der Waals surface area (Å²) >= 11 is 11.7. The van der Waals surface area contributed by atoms with Crippen LogP contribution in [0.2, 0.25) is 10.0 Å². The Morgan fingerprint density at radius 1 is 0.600 bits per heavy atom. The molecule has 2 aliphatic rings. The third-order valence-electron chi connectivity index (χ3n) is 10.8. The van der Waals surface area contributed by atoms with Crippen molar-refractivity contribution >= 4 is 66.3 Å². The van der Waals surface area contributed by atoms with E-state index >= 15 is 0 Å². The molecular weight excluding hydrogens is 784 g/mol. The molecule has 2 heterocycles. The van der Waals surface area contributed by atoms with Crippen LogP contribution in [-0.2, 0) is 43.4 Å². The molecule has 0 bridgehead atoms. The van der Waals surface area contributed by atoms with E-state index in [0.717, 1.165) is 37.1 Å². The third kappa shape index (κ3) is 9.13. The zero-order valence-corrected chi connectivity index (χ0v) is 35.2. The van der Waals surface area contributed by atoms with Crippen LogP contribution in [0.15, 0.2) is 70.5 Å². The maximum Gasteiger partial charge on any atom is 0.246 e. The Labute approximate surface area is 334 Å². The highest BCUT2D eigenvalue weighted by Crippen LogP contribution is 2.36. The minimum absolute atomic E-state index is 0.0590. The molecule has 298 valence electrons. The second-order valence-electron chi connectivity index (χ2n) is 15.3. The summed E-state index contributed by atoms with van der Waals surface area (Å²) in [6.07, 6.45) is 10.4. The van der Waals surface area contributed by atoms with Crippen LogP contribution in [0.1, 0.15) is 109 Å². The number of aryl methyl sites for hydroxylation is 2. The molecule has 0 radical (unpaired) electrons. The molecule has 16 heteroatoms. The molecule has 2 fully saturated rings. The van der Waals surface area contributed by atoms with Crippen LogP contribution < -0.4 is 10.6 Å². The SMILES string of the molecule is Cn1nc(C2CCCC2)cc1NC(=O)C(C)(C)S(=O)(=O)c1ccc(Cl)cc1.Cn1nc(C2CCCCC2)cc1NC(=O)C(C)(C)S(=O)(=O)c1ccc(Cl)cc1. The molecule has 0 aliphatic heterocycles. The Morgan fingerprint density at radius 3 is 1.24 bits per heavy atom. The molecule has 0 spiro atoms. The number of anilines is 2. The monoisotopic (exact) mass is 832 g/mol. The molecule has 2 aromatic heterocycles. The highest BCUT2D eigenvalue weighted by Gasteiger charge is 2.44. The summed E-state index contributed by atoms with van der Waals surface area (Å²) in [6.45, 7) is 5.62. The molecule has 6 rings (SSSR count). The minimum atomic E-state index is -3.90. The van der Waals surface area contributed by atoms with E-state index in [9.17, 15) is 26.4 Å². The highest BCUT2D eigenvalue weighted by molar-refractivity contribution is 7.94. The zero-order valence-electron chi connectivity index (χ0n) is 32.1. The van der Waals surface area contributed by atoms with Crippen LogP contribution in [0, 0.1) is 0 Å². The van der Waals surface area contributed by atoms with Crippen molar-refractivity contribution in [1.29, 1.82) is 0 Å². The molecule has 55 heavy (non-hydrogen) atoms. The number of rotatable bonds is 10. The van der Waals surface area contributed by atoms with Gasteiger partial charge in [-0.25, -0.2) is 16.8 Å². The van der Waals surface area contributed by atoms with Gasteiger partial charge in [-0.15, -0.1) is 0 Å². The van der Waals surface area contributed by atoms with Crippen molar-refractivity contribution in [3.8, 4) is 0 Å². The van der Waals surface area contributed by atoms with Gasteiger partial charge in [0.25, 0.3) is 0 Å². The van der Waals surface area contributed by atoms with Crippen LogP contribution in [0.3, 0.4) is 0 Å². The van der Waals surface area contributed by atoms with Gasteiger partial charge in [0.2, 0.25) is 11.8 Å². The fourth-order valence-electron chi connectivity index (χ4n) is 6.83. The number of benzene rings is 2. The number of nitrogens with zero attached hydrogens (tertiary/aromatic N) is 4. The van der Waals surface area contributed by atoms with Crippen molar-refractivity contribution in [3.05, 3.63) is 82.1 Å². The van der Waals surface area contributed by atoms with Gasteiger partial charge < -0.3 is 10.6 Å². The lowest BCUT2D eigenvalue weighted by Gasteiger charge is -2.23. The quantitative estimate of drug-likeness (QED) is 0.162. The van der Waals surface area contributed by atoms with E-state index in [1.807, 2.05) is 12.1 Å². The normalized spacial score (nSPS) is 16.0. The summed E-state index contributed by atoms with van der Waals surface area (Å²) in [4.78, 5) is 25.9. The topological polar surface area (TPSA) is 162 Å². The average molecular weight is 834 g/mol. The Balaban J connectivity index is 0.000000211. The first-order valence-corrected chi connectivity index (χ1v) is 22.2. The van der Waals surface area contributed by atoms with Gasteiger partial charge in [0.15, 0.2) is 19.7 Å². The smallest absolute Gasteiger partial charge is 0.246 e. The zero-order chi connectivity index (χ0) is 40.3. The van der Waals surface area contributed by atoms with Gasteiger partial charge in [-0.3, -0.25) is 19.0 Å². The molecule has 12 nitrogen and oxygen atoms in total. The molecule has 4 aromatic rings. The largest absolute Gasteiger partial charge is 0.310 e. The molecular formula is C39H50Cl2N6O6S2. The Kier molecular flexibility index (Phi) is 13.0. The molecule has 0 atom stereocenters. The second-order valence-corrected chi connectivity index (χ2v) is 21.2. The van der Waals surface area contributed by atoms with Crippen molar-refractivity contribution < 1.29 is 26.4 Å². The molecule has 2 aromatic carbocycles. The van der Waals surface area contributed by atoms with E-state index in [4.69, 9.17) is 23.2 Å². The summed E-state index contributed by atoms with van der Waals surface area (Å²) < 4.78 is 51.8. The van der Waals surface area contributed by atoms with Gasteiger partial charge in [0.05, 0.1) is 21.2 Å². The first-order valence-electron chi connectivity index (χ1n) is 18.5. The predicted octanol–water partition coefficient (Wildman–Crippen LogP) is 8.23. The van der Waals surface area contributed by atoms with Gasteiger partial charge in [0.1, 0.15) is 21.1 Å². The van der Waals surface area contributed by atoms with Crippen LogP contribution >= 0.6 is 23.2 Å². The number of hydrogen-bond donors (Lipinski definition) is 2. The summed E-state index contributed by atoms with van der Waals surface area (Å²) in [5, 5.41) is 15.4. The lowest BCUT2D eigenvalue weighted by Crippen LogP contribution is -2.44. The average Bonchev–Trinajstić information content (AvgIpc) is 3.90. The van der Waals surface area contributed by atoms with Crippen molar-refractivity contribution in [2.75, 3.05) is 10.6 Å². The molecule has 2 saturated carbocycles. The number of hydrogen-bond acceptors (Lipinski definition) is 8. The standard InChI is InChI=1S/C20H26ClN3O3S.C19H24ClN3O3S/c1-20(2,28(26,27)16-11-9-15(21)10-12-16)19(25)22-18-13-17(23-24(18)3)14-7-5-4-6-8-14;1-19(2,27(25,26)15-10-8-14(20)9-11-15)18(24)21-17-12-16(22-23(17)3)13-6-4-5-7-13/h9-14H,4-8H2,1-3H3,(H,22,25);8-13H,4-7H2,1-3H3,(H,21,24). The summed E-state index contributed by atoms with van der Waals surface area (Å²) in [6, 6.07) is 15.4. The number of carbonyl (C=O) groups excluding carboxylic acids is 2. The van der Waals surface area contributed by atoms with Crippen molar-refractivity contribution in [3.63, 3.8) is 0 Å². The maximum absolute atomic E-state index is 13.0. The van der Waals surface area contributed by atoms with Gasteiger partial charge >= 0.3 is 0 Å². The fraction of sp³-hybridized carbons (Fsp3) is 0.487. The lowest BCUT2D eigenvalue weighted by molar-refractivity contribution is -0.118. The minimum Gasteiger partial charge on any atom is -0.310 e. The van der Waals surface area contributed by atoms with Crippen molar-refractivity contribution in [2.45, 2.75) is 117 Å². The summed E-state index contributed by atoms with van der Waals surface area (Å²) in [5.41, 5.74) is 1.90. The van der Waals surface area contributed by atoms with Crippen LogP contribution in [0.5, 0.6) is 0 Å². The molecule has 2 amide bonds. The lowest BCUT2D eigenvalue weighted by atomic mass is 9.87. The van der Waals surface area contributed by atoms with E-state index in [2.05, 4.69) is 20.8 Å². The fourth-order valence-corrected chi connectivity index (χ4v) is 9.84. The first-order chi connectivity index (χ1) is 25.8. The number of carbonyl (C=O) groups is 2.